The molecule has 104 valence electrons. The molecule has 0 bridgehead atoms. The summed E-state index contributed by atoms with van der Waals surface area (Å²) < 4.78 is 11.8. The third kappa shape index (κ3) is 3.84. The van der Waals surface area contributed by atoms with Gasteiger partial charge in [0.15, 0.2) is 0 Å². The van der Waals surface area contributed by atoms with Crippen molar-refractivity contribution in [2.75, 3.05) is 11.5 Å². The Bertz CT molecular complexity index is 500. The monoisotopic (exact) mass is 346 g/mol. The standard InChI is InChI=1S/C12H15BrN2O3S/c13-12-9(2-1-3-11(12)15(16)17)8-14-10-4-6-19(18)7-5-10/h1-3,10,14H,4-8H2. The number of hydrogen-bond donors (Lipinski definition) is 1. The van der Waals surface area contributed by atoms with E-state index in [4.69, 9.17) is 0 Å². The van der Waals surface area contributed by atoms with E-state index in [2.05, 4.69) is 21.2 Å². The summed E-state index contributed by atoms with van der Waals surface area (Å²) >= 11 is 3.29. The molecule has 0 aromatic heterocycles. The number of nitrogens with zero attached hydrogens (tertiary/aromatic N) is 1. The van der Waals surface area contributed by atoms with Crippen LogP contribution in [-0.2, 0) is 17.3 Å². The van der Waals surface area contributed by atoms with Gasteiger partial charge in [0.05, 0.1) is 9.40 Å². The zero-order chi connectivity index (χ0) is 13.8. The third-order valence-electron chi connectivity index (χ3n) is 3.22. The lowest BCUT2D eigenvalue weighted by atomic mass is 10.1. The van der Waals surface area contributed by atoms with Crippen molar-refractivity contribution >= 4 is 32.4 Å². The molecule has 1 aliphatic rings. The minimum atomic E-state index is -0.662. The molecular formula is C12H15BrN2O3S. The Balaban J connectivity index is 1.98. The van der Waals surface area contributed by atoms with Gasteiger partial charge in [-0.05, 0) is 34.3 Å². The minimum Gasteiger partial charge on any atom is -0.310 e. The van der Waals surface area contributed by atoms with Gasteiger partial charge in [0.2, 0.25) is 0 Å². The van der Waals surface area contributed by atoms with Crippen LogP contribution in [0.4, 0.5) is 5.69 Å². The van der Waals surface area contributed by atoms with Gasteiger partial charge in [0.1, 0.15) is 0 Å². The maximum Gasteiger partial charge on any atom is 0.283 e. The van der Waals surface area contributed by atoms with Crippen LogP contribution in [0.25, 0.3) is 0 Å². The van der Waals surface area contributed by atoms with Crippen molar-refractivity contribution in [2.45, 2.75) is 25.4 Å². The molecule has 7 heteroatoms. The molecule has 1 saturated heterocycles. The van der Waals surface area contributed by atoms with Gasteiger partial charge < -0.3 is 5.32 Å². The molecule has 0 unspecified atom stereocenters. The zero-order valence-corrected chi connectivity index (χ0v) is 12.7. The molecule has 0 radical (unpaired) electrons. The summed E-state index contributed by atoms with van der Waals surface area (Å²) in [6.45, 7) is 0.583. The Hall–Kier alpha value is -0.790. The number of hydrogen-bond acceptors (Lipinski definition) is 4. The van der Waals surface area contributed by atoms with Crippen LogP contribution >= 0.6 is 15.9 Å². The van der Waals surface area contributed by atoms with Gasteiger partial charge in [-0.3, -0.25) is 14.3 Å². The first-order chi connectivity index (χ1) is 9.08. The topological polar surface area (TPSA) is 72.2 Å². The molecule has 1 heterocycles. The summed E-state index contributed by atoms with van der Waals surface area (Å²) in [4.78, 5) is 10.4. The van der Waals surface area contributed by atoms with Crippen molar-refractivity contribution in [3.8, 4) is 0 Å². The first-order valence-corrected chi connectivity index (χ1v) is 8.36. The lowest BCUT2D eigenvalue weighted by Crippen LogP contribution is -2.35. The van der Waals surface area contributed by atoms with Crippen LogP contribution in [0.3, 0.4) is 0 Å². The number of halogens is 1. The quantitative estimate of drug-likeness (QED) is 0.670. The molecule has 0 atom stereocenters. The summed E-state index contributed by atoms with van der Waals surface area (Å²) in [7, 11) is -0.662. The smallest absolute Gasteiger partial charge is 0.283 e. The average molecular weight is 347 g/mol. The van der Waals surface area contributed by atoms with Crippen LogP contribution in [0.1, 0.15) is 18.4 Å². The predicted molar refractivity (Wildman–Crippen MR) is 78.5 cm³/mol. The van der Waals surface area contributed by atoms with E-state index in [1.54, 1.807) is 6.07 Å². The van der Waals surface area contributed by atoms with Crippen molar-refractivity contribution < 1.29 is 9.13 Å². The molecular weight excluding hydrogens is 332 g/mol. The summed E-state index contributed by atoms with van der Waals surface area (Å²) in [5.41, 5.74) is 0.963. The molecule has 1 N–H and O–H groups in total. The number of nitrogens with one attached hydrogen (secondary N) is 1. The molecule has 0 spiro atoms. The molecule has 0 saturated carbocycles. The number of nitro groups is 1. The normalized spacial score (nSPS) is 23.2. The van der Waals surface area contributed by atoms with Gasteiger partial charge in [-0.25, -0.2) is 0 Å². The van der Waals surface area contributed by atoms with Crippen LogP contribution in [0.5, 0.6) is 0 Å². The van der Waals surface area contributed by atoms with E-state index in [0.717, 1.165) is 29.9 Å². The number of benzene rings is 1. The molecule has 1 aliphatic heterocycles. The molecule has 19 heavy (non-hydrogen) atoms. The molecule has 5 nitrogen and oxygen atoms in total. The highest BCUT2D eigenvalue weighted by atomic mass is 79.9. The second kappa shape index (κ2) is 6.58. The lowest BCUT2D eigenvalue weighted by Gasteiger charge is -2.22. The highest BCUT2D eigenvalue weighted by Gasteiger charge is 2.19. The fourth-order valence-corrected chi connectivity index (χ4v) is 3.94. The second-order valence-electron chi connectivity index (χ2n) is 4.51. The third-order valence-corrected chi connectivity index (χ3v) is 5.52. The van der Waals surface area contributed by atoms with Gasteiger partial charge in [-0.1, -0.05) is 12.1 Å². The Morgan fingerprint density at radius 1 is 1.42 bits per heavy atom. The van der Waals surface area contributed by atoms with Crippen LogP contribution in [0, 0.1) is 10.1 Å². The molecule has 0 aliphatic carbocycles. The van der Waals surface area contributed by atoms with E-state index >= 15 is 0 Å². The van der Waals surface area contributed by atoms with Crippen molar-refractivity contribution in [1.82, 2.24) is 5.32 Å². The Morgan fingerprint density at radius 2 is 2.11 bits per heavy atom. The summed E-state index contributed by atoms with van der Waals surface area (Å²) in [5.74, 6) is 1.49. The van der Waals surface area contributed by atoms with Gasteiger partial charge in [-0.2, -0.15) is 0 Å². The fraction of sp³-hybridized carbons (Fsp3) is 0.500. The fourth-order valence-electron chi connectivity index (χ4n) is 2.10. The first-order valence-electron chi connectivity index (χ1n) is 6.08. The zero-order valence-electron chi connectivity index (χ0n) is 10.3. The van der Waals surface area contributed by atoms with E-state index in [-0.39, 0.29) is 5.69 Å². The first kappa shape index (κ1) is 14.6. The molecule has 1 aromatic rings. The van der Waals surface area contributed by atoms with E-state index < -0.39 is 15.7 Å². The maximum absolute atomic E-state index is 11.3. The van der Waals surface area contributed by atoms with Gasteiger partial charge in [0, 0.05) is 41.0 Å². The summed E-state index contributed by atoms with van der Waals surface area (Å²) in [5, 5.41) is 14.2. The van der Waals surface area contributed by atoms with Crippen molar-refractivity contribution in [1.29, 1.82) is 0 Å². The lowest BCUT2D eigenvalue weighted by molar-refractivity contribution is -0.385. The minimum absolute atomic E-state index is 0.0871. The molecule has 1 fully saturated rings. The maximum atomic E-state index is 11.3. The van der Waals surface area contributed by atoms with Crippen molar-refractivity contribution in [2.24, 2.45) is 0 Å². The number of rotatable bonds is 4. The highest BCUT2D eigenvalue weighted by Crippen LogP contribution is 2.28. The number of nitro benzene ring substituents is 1. The second-order valence-corrected chi connectivity index (χ2v) is 7.00. The SMILES string of the molecule is O=[N+]([O-])c1cccc(CNC2CCS(=O)CC2)c1Br. The van der Waals surface area contributed by atoms with E-state index in [1.165, 1.54) is 6.07 Å². The van der Waals surface area contributed by atoms with Crippen molar-refractivity contribution in [3.63, 3.8) is 0 Å². The molecule has 2 rings (SSSR count). The Kier molecular flexibility index (Phi) is 5.06. The van der Waals surface area contributed by atoms with E-state index in [1.807, 2.05) is 6.07 Å². The van der Waals surface area contributed by atoms with Crippen LogP contribution in [0.15, 0.2) is 22.7 Å². The Labute approximate surface area is 122 Å². The predicted octanol–water partition coefficient (Wildman–Crippen LogP) is 2.36. The van der Waals surface area contributed by atoms with Crippen LogP contribution in [0.2, 0.25) is 0 Å². The largest absolute Gasteiger partial charge is 0.310 e. The molecule has 1 aromatic carbocycles. The summed E-state index contributed by atoms with van der Waals surface area (Å²) in [6, 6.07) is 5.39. The van der Waals surface area contributed by atoms with Gasteiger partial charge >= 0.3 is 0 Å². The Morgan fingerprint density at radius 3 is 2.74 bits per heavy atom. The van der Waals surface area contributed by atoms with Crippen LogP contribution < -0.4 is 5.32 Å². The molecule has 0 amide bonds. The summed E-state index contributed by atoms with van der Waals surface area (Å²) in [6.07, 6.45) is 1.80. The average Bonchev–Trinajstić information content (AvgIpc) is 2.39. The van der Waals surface area contributed by atoms with E-state index in [0.29, 0.717) is 17.1 Å². The van der Waals surface area contributed by atoms with Gasteiger partial charge in [-0.15, -0.1) is 0 Å². The van der Waals surface area contributed by atoms with Gasteiger partial charge in [0.25, 0.3) is 5.69 Å². The van der Waals surface area contributed by atoms with Crippen LogP contribution in [-0.4, -0.2) is 26.7 Å². The van der Waals surface area contributed by atoms with Crippen molar-refractivity contribution in [3.05, 3.63) is 38.3 Å². The van der Waals surface area contributed by atoms with E-state index in [9.17, 15) is 14.3 Å². The highest BCUT2D eigenvalue weighted by molar-refractivity contribution is 9.10.